The Labute approximate surface area is 344 Å². The van der Waals surface area contributed by atoms with Crippen molar-refractivity contribution < 1.29 is 13.6 Å². The lowest BCUT2D eigenvalue weighted by Gasteiger charge is -2.27. The van der Waals surface area contributed by atoms with E-state index in [4.69, 9.17) is 8.83 Å². The number of furan rings is 2. The maximum absolute atomic E-state index is 14.7. The minimum Gasteiger partial charge on any atom is -0.455 e. The Hall–Kier alpha value is -7.95. The van der Waals surface area contributed by atoms with Crippen LogP contribution in [0.3, 0.4) is 0 Å². The van der Waals surface area contributed by atoms with Crippen LogP contribution < -0.4 is 0 Å². The number of fused-ring (bicyclic) bond motifs is 12. The highest BCUT2D eigenvalue weighted by Gasteiger charge is 2.34. The minimum atomic E-state index is -0.460. The molecule has 3 heterocycles. The Kier molecular flexibility index (Phi) is 6.90. The molecule has 0 radical (unpaired) electrons. The molecule has 0 saturated carbocycles. The Morgan fingerprint density at radius 1 is 0.383 bits per heavy atom. The molecule has 0 bridgehead atoms. The second kappa shape index (κ2) is 12.5. The van der Waals surface area contributed by atoms with Gasteiger partial charge in [-0.15, -0.1) is 0 Å². The molecule has 1 unspecified atom stereocenters. The van der Waals surface area contributed by atoms with Crippen molar-refractivity contribution in [2.45, 2.75) is 5.92 Å². The topological polar surface area (TPSA) is 48.3 Å². The van der Waals surface area contributed by atoms with Crippen molar-refractivity contribution in [1.29, 1.82) is 0 Å². The summed E-state index contributed by atoms with van der Waals surface area (Å²) in [5.41, 5.74) is 15.8. The maximum atomic E-state index is 14.7. The first-order valence-electron chi connectivity index (χ1n) is 20.4. The van der Waals surface area contributed by atoms with Crippen LogP contribution in [-0.4, -0.2) is 10.4 Å². The van der Waals surface area contributed by atoms with Crippen LogP contribution in [0, 0.1) is 0 Å². The van der Waals surface area contributed by atoms with Crippen molar-refractivity contribution in [1.82, 2.24) is 4.57 Å². The third-order valence-corrected chi connectivity index (χ3v) is 12.7. The van der Waals surface area contributed by atoms with Crippen molar-refractivity contribution in [2.75, 3.05) is 0 Å². The summed E-state index contributed by atoms with van der Waals surface area (Å²) in [6.45, 7) is 0. The zero-order valence-corrected chi connectivity index (χ0v) is 32.2. The average Bonchev–Trinajstić information content (AvgIpc) is 3.99. The first kappa shape index (κ1) is 33.1. The fourth-order valence-electron chi connectivity index (χ4n) is 9.94. The second-order valence-electron chi connectivity index (χ2n) is 15.9. The van der Waals surface area contributed by atoms with Gasteiger partial charge >= 0.3 is 0 Å². The molecular weight excluding hydrogens is 735 g/mol. The fraction of sp³-hybridized carbons (Fsp3) is 0.0179. The van der Waals surface area contributed by atoms with Crippen LogP contribution in [0.4, 0.5) is 0 Å². The summed E-state index contributed by atoms with van der Waals surface area (Å²) >= 11 is 0. The molecule has 0 N–H and O–H groups in total. The highest BCUT2D eigenvalue weighted by Crippen LogP contribution is 2.47. The molecular formula is C56H33NO3. The number of carbonyl (C=O) groups is 1. The molecule has 4 nitrogen and oxygen atoms in total. The predicted molar refractivity (Wildman–Crippen MR) is 244 cm³/mol. The van der Waals surface area contributed by atoms with E-state index in [-0.39, 0.29) is 5.78 Å². The molecule has 1 aliphatic rings. The molecule has 0 aliphatic heterocycles. The van der Waals surface area contributed by atoms with Crippen LogP contribution in [0.2, 0.25) is 0 Å². The van der Waals surface area contributed by atoms with Crippen molar-refractivity contribution in [3.63, 3.8) is 0 Å². The van der Waals surface area contributed by atoms with E-state index in [1.165, 1.54) is 0 Å². The number of benzene rings is 9. The van der Waals surface area contributed by atoms with Crippen molar-refractivity contribution in [3.8, 4) is 39.1 Å². The third kappa shape index (κ3) is 4.70. The van der Waals surface area contributed by atoms with E-state index in [0.717, 1.165) is 121 Å². The summed E-state index contributed by atoms with van der Waals surface area (Å²) in [6, 6.07) is 67.6. The number of Topliss-reactive ketones (excluding diaryl/α,β-unsaturated/α-hetero) is 1. The SMILES string of the molecule is O=C1c2ccccc2-c2cc3c(cc2C1c1ccc(-c2cccc4c2oc2ccccc24)cc1)c1ccccc1n3-c1ccc(-c2cccc3c2oc2ccccc23)cc1. The molecule has 60 heavy (non-hydrogen) atoms. The number of para-hydroxylation sites is 5. The number of ketones is 1. The number of aromatic nitrogens is 1. The third-order valence-electron chi connectivity index (χ3n) is 12.7. The number of hydrogen-bond donors (Lipinski definition) is 0. The Morgan fingerprint density at radius 2 is 0.900 bits per heavy atom. The van der Waals surface area contributed by atoms with Gasteiger partial charge in [-0.25, -0.2) is 0 Å². The molecule has 0 saturated heterocycles. The minimum absolute atomic E-state index is 0.114. The van der Waals surface area contributed by atoms with Crippen LogP contribution in [0.5, 0.6) is 0 Å². The van der Waals surface area contributed by atoms with Crippen molar-refractivity contribution >= 4 is 71.5 Å². The maximum Gasteiger partial charge on any atom is 0.175 e. The van der Waals surface area contributed by atoms with Gasteiger partial charge in [0, 0.05) is 54.7 Å². The standard InChI is InChI=1S/C56H33NO3/c58-54-43-15-2-1-11-39(43)46-32-50-47(31-48(46)53(54)35-25-23-33(24-26-35)37-16-9-18-44-41-13-4-7-21-51(41)59-55(37)44)40-12-3-6-20-49(40)57(50)36-29-27-34(28-30-36)38-17-10-19-45-42-14-5-8-22-52(42)60-56(38)45/h1-32,53H. The van der Waals surface area contributed by atoms with Crippen LogP contribution in [0.15, 0.2) is 203 Å². The highest BCUT2D eigenvalue weighted by molar-refractivity contribution is 6.17. The molecule has 1 aliphatic carbocycles. The quantitative estimate of drug-likeness (QED) is 0.179. The van der Waals surface area contributed by atoms with Gasteiger partial charge < -0.3 is 13.4 Å². The molecule has 13 rings (SSSR count). The van der Waals surface area contributed by atoms with E-state index < -0.39 is 5.92 Å². The Balaban J connectivity index is 0.953. The average molecular weight is 768 g/mol. The lowest BCUT2D eigenvalue weighted by Crippen LogP contribution is -2.20. The van der Waals surface area contributed by atoms with Crippen LogP contribution in [0.1, 0.15) is 27.4 Å². The molecule has 0 amide bonds. The van der Waals surface area contributed by atoms with Gasteiger partial charge in [0.2, 0.25) is 0 Å². The van der Waals surface area contributed by atoms with Crippen molar-refractivity contribution in [3.05, 3.63) is 211 Å². The van der Waals surface area contributed by atoms with Gasteiger partial charge in [-0.1, -0.05) is 152 Å². The largest absolute Gasteiger partial charge is 0.455 e. The van der Waals surface area contributed by atoms with Gasteiger partial charge in [0.15, 0.2) is 5.78 Å². The summed E-state index contributed by atoms with van der Waals surface area (Å²) in [6.07, 6.45) is 0. The van der Waals surface area contributed by atoms with Crippen LogP contribution >= 0.6 is 0 Å². The van der Waals surface area contributed by atoms with E-state index in [0.29, 0.717) is 0 Å². The first-order valence-corrected chi connectivity index (χ1v) is 20.4. The molecule has 0 fully saturated rings. The van der Waals surface area contributed by atoms with E-state index >= 15 is 0 Å². The summed E-state index contributed by atoms with van der Waals surface area (Å²) < 4.78 is 15.2. The van der Waals surface area contributed by atoms with Crippen LogP contribution in [-0.2, 0) is 0 Å². The lowest BCUT2D eigenvalue weighted by atomic mass is 9.74. The van der Waals surface area contributed by atoms with Gasteiger partial charge in [0.05, 0.1) is 17.0 Å². The zero-order valence-electron chi connectivity index (χ0n) is 32.2. The van der Waals surface area contributed by atoms with Gasteiger partial charge in [0.25, 0.3) is 0 Å². The fourth-order valence-corrected chi connectivity index (χ4v) is 9.94. The molecule has 9 aromatic carbocycles. The van der Waals surface area contributed by atoms with E-state index in [1.807, 2.05) is 48.5 Å². The summed E-state index contributed by atoms with van der Waals surface area (Å²) in [5, 5.41) is 6.71. The smallest absolute Gasteiger partial charge is 0.175 e. The second-order valence-corrected chi connectivity index (χ2v) is 15.9. The summed E-state index contributed by atoms with van der Waals surface area (Å²) in [5.74, 6) is -0.346. The summed E-state index contributed by atoms with van der Waals surface area (Å²) in [7, 11) is 0. The number of rotatable bonds is 4. The van der Waals surface area contributed by atoms with E-state index in [1.54, 1.807) is 0 Å². The van der Waals surface area contributed by atoms with E-state index in [9.17, 15) is 4.79 Å². The summed E-state index contributed by atoms with van der Waals surface area (Å²) in [4.78, 5) is 14.7. The Morgan fingerprint density at radius 3 is 1.55 bits per heavy atom. The van der Waals surface area contributed by atoms with E-state index in [2.05, 4.69) is 150 Å². The molecule has 280 valence electrons. The normalized spacial score (nSPS) is 13.9. The van der Waals surface area contributed by atoms with Gasteiger partial charge in [0.1, 0.15) is 22.3 Å². The predicted octanol–water partition coefficient (Wildman–Crippen LogP) is 14.9. The van der Waals surface area contributed by atoms with Crippen LogP contribution in [0.25, 0.3) is 105 Å². The lowest BCUT2D eigenvalue weighted by molar-refractivity contribution is 0.0972. The first-order chi connectivity index (χ1) is 29.7. The van der Waals surface area contributed by atoms with Gasteiger partial charge in [-0.05, 0) is 75.8 Å². The molecule has 0 spiro atoms. The molecule has 12 aromatic rings. The number of hydrogen-bond acceptors (Lipinski definition) is 3. The zero-order chi connectivity index (χ0) is 39.5. The molecule has 3 aromatic heterocycles. The highest BCUT2D eigenvalue weighted by atomic mass is 16.3. The molecule has 1 atom stereocenters. The van der Waals surface area contributed by atoms with Gasteiger partial charge in [-0.3, -0.25) is 4.79 Å². The number of nitrogens with zero attached hydrogens (tertiary/aromatic N) is 1. The van der Waals surface area contributed by atoms with Crippen molar-refractivity contribution in [2.24, 2.45) is 0 Å². The monoisotopic (exact) mass is 767 g/mol. The Bertz CT molecular complexity index is 3730. The van der Waals surface area contributed by atoms with Gasteiger partial charge in [-0.2, -0.15) is 0 Å². The number of carbonyl (C=O) groups excluding carboxylic acids is 1. The molecule has 4 heteroatoms.